The fourth-order valence-corrected chi connectivity index (χ4v) is 3.45. The average molecular weight is 472 g/mol. The molecule has 1 N–H and O–H groups in total. The number of anilines is 1. The van der Waals surface area contributed by atoms with Crippen molar-refractivity contribution >= 4 is 47.7 Å². The normalized spacial score (nSPS) is 11.3. The maximum Gasteiger partial charge on any atom is 0.417 e. The van der Waals surface area contributed by atoms with Gasteiger partial charge >= 0.3 is 12.2 Å². The van der Waals surface area contributed by atoms with Crippen LogP contribution in [0.25, 0.3) is 11.3 Å². The van der Waals surface area contributed by atoms with Crippen molar-refractivity contribution in [3.8, 4) is 11.3 Å². The molecule has 2 amide bonds. The van der Waals surface area contributed by atoms with Crippen LogP contribution in [0.4, 0.5) is 23.7 Å². The zero-order chi connectivity index (χ0) is 21.9. The van der Waals surface area contributed by atoms with E-state index < -0.39 is 17.8 Å². The van der Waals surface area contributed by atoms with Crippen LogP contribution in [0.1, 0.15) is 11.1 Å². The molecule has 2 aromatic carbocycles. The Hall–Kier alpha value is -2.42. The lowest BCUT2D eigenvalue weighted by atomic mass is 10.00. The molecule has 1 aromatic heterocycles. The number of aromatic nitrogens is 1. The summed E-state index contributed by atoms with van der Waals surface area (Å²) in [6, 6.07) is 12.4. The van der Waals surface area contributed by atoms with Gasteiger partial charge in [-0.05, 0) is 29.8 Å². The summed E-state index contributed by atoms with van der Waals surface area (Å²) in [4.78, 5) is 16.6. The molecule has 10 heteroatoms. The van der Waals surface area contributed by atoms with Crippen LogP contribution < -0.4 is 9.62 Å². The summed E-state index contributed by atoms with van der Waals surface area (Å²) in [6.07, 6.45) is -3.15. The fraction of sp³-hybridized carbons (Fsp3) is 0.100. The summed E-state index contributed by atoms with van der Waals surface area (Å²) in [5.74, 6) is 0. The number of urea groups is 1. The summed E-state index contributed by atoms with van der Waals surface area (Å²) >= 11 is 16.2. The van der Waals surface area contributed by atoms with Crippen molar-refractivity contribution in [2.24, 2.45) is 0 Å². The Morgan fingerprint density at radius 1 is 1.07 bits per heavy atom. The number of alkyl halides is 3. The number of pyridine rings is 1. The van der Waals surface area contributed by atoms with Gasteiger partial charge in [0.2, 0.25) is 0 Å². The minimum absolute atomic E-state index is 0.0736. The molecule has 4 nitrogen and oxygen atoms in total. The Morgan fingerprint density at radius 3 is 2.53 bits per heavy atom. The zero-order valence-corrected chi connectivity index (χ0v) is 17.5. The molecular formula is C20H14Cl2F3N3OS. The van der Waals surface area contributed by atoms with Crippen molar-refractivity contribution in [3.63, 3.8) is 0 Å². The van der Waals surface area contributed by atoms with E-state index in [9.17, 15) is 18.0 Å². The molecule has 0 aliphatic heterocycles. The molecule has 156 valence electrons. The predicted molar refractivity (Wildman–Crippen MR) is 115 cm³/mol. The number of rotatable bonds is 4. The average Bonchev–Trinajstić information content (AvgIpc) is 2.73. The topological polar surface area (TPSA) is 45.2 Å². The monoisotopic (exact) mass is 471 g/mol. The maximum absolute atomic E-state index is 13.4. The van der Waals surface area contributed by atoms with Gasteiger partial charge in [0.05, 0.1) is 27.0 Å². The van der Waals surface area contributed by atoms with Gasteiger partial charge in [0.25, 0.3) is 0 Å². The number of halogens is 5. The largest absolute Gasteiger partial charge is 0.417 e. The molecule has 0 aliphatic rings. The highest BCUT2D eigenvalue weighted by Crippen LogP contribution is 2.37. The van der Waals surface area contributed by atoms with Crippen LogP contribution in [0, 0.1) is 0 Å². The molecule has 0 aliphatic carbocycles. The van der Waals surface area contributed by atoms with E-state index in [1.807, 2.05) is 0 Å². The Kier molecular flexibility index (Phi) is 6.80. The molecule has 3 rings (SSSR count). The third-order valence-electron chi connectivity index (χ3n) is 4.16. The molecule has 0 bridgehead atoms. The number of carbonyl (C=O) groups is 1. The molecule has 0 saturated carbocycles. The zero-order valence-electron chi connectivity index (χ0n) is 15.1. The van der Waals surface area contributed by atoms with Crippen LogP contribution in [0.15, 0.2) is 60.8 Å². The number of hydrogen-bond donors (Lipinski definition) is 2. The number of amides is 2. The number of nitrogens with one attached hydrogen (secondary N) is 1. The number of carbonyl (C=O) groups excluding carboxylic acids is 1. The first-order chi connectivity index (χ1) is 14.2. The first kappa shape index (κ1) is 22.3. The van der Waals surface area contributed by atoms with E-state index in [2.05, 4.69) is 23.1 Å². The Bertz CT molecular complexity index is 1080. The van der Waals surface area contributed by atoms with Crippen molar-refractivity contribution in [2.45, 2.75) is 12.7 Å². The van der Waals surface area contributed by atoms with E-state index in [0.29, 0.717) is 5.56 Å². The first-order valence-electron chi connectivity index (χ1n) is 8.51. The lowest BCUT2D eigenvalue weighted by molar-refractivity contribution is -0.137. The molecule has 0 atom stereocenters. The summed E-state index contributed by atoms with van der Waals surface area (Å²) < 4.78 is 41.2. The second kappa shape index (κ2) is 9.16. The van der Waals surface area contributed by atoms with E-state index in [1.165, 1.54) is 24.4 Å². The number of benzene rings is 2. The lowest BCUT2D eigenvalue weighted by Crippen LogP contribution is -2.33. The molecule has 0 unspecified atom stereocenters. The van der Waals surface area contributed by atoms with Gasteiger partial charge in [-0.1, -0.05) is 66.3 Å². The predicted octanol–water partition coefficient (Wildman–Crippen LogP) is 6.64. The fourth-order valence-electron chi connectivity index (χ4n) is 2.77. The van der Waals surface area contributed by atoms with E-state index >= 15 is 0 Å². The van der Waals surface area contributed by atoms with Crippen molar-refractivity contribution in [1.29, 1.82) is 0 Å². The van der Waals surface area contributed by atoms with Gasteiger partial charge in [0, 0.05) is 18.3 Å². The first-order valence-corrected chi connectivity index (χ1v) is 9.67. The van der Waals surface area contributed by atoms with Crippen LogP contribution in [-0.4, -0.2) is 11.0 Å². The van der Waals surface area contributed by atoms with Crippen LogP contribution >= 0.6 is 36.0 Å². The van der Waals surface area contributed by atoms with Gasteiger partial charge in [-0.15, -0.1) is 0 Å². The standard InChI is InChI=1S/C20H14Cl2F3N3OS/c21-15-8-3-9-16(17(15)22)28(30)19(29)27-11-12-5-4-10-26-18(12)13-6-1-2-7-14(13)20(23,24)25/h1-10,30H,11H2,(H,27,29). The van der Waals surface area contributed by atoms with Crippen molar-refractivity contribution in [1.82, 2.24) is 10.3 Å². The highest BCUT2D eigenvalue weighted by molar-refractivity contribution is 7.82. The molecule has 1 heterocycles. The van der Waals surface area contributed by atoms with Gasteiger partial charge in [-0.2, -0.15) is 13.2 Å². The molecule has 30 heavy (non-hydrogen) atoms. The summed E-state index contributed by atoms with van der Waals surface area (Å²) in [5, 5.41) is 2.99. The van der Waals surface area contributed by atoms with E-state index in [-0.39, 0.29) is 33.5 Å². The summed E-state index contributed by atoms with van der Waals surface area (Å²) in [5.41, 5.74) is -0.0919. The SMILES string of the molecule is O=C(NCc1cccnc1-c1ccccc1C(F)(F)F)N(S)c1cccc(Cl)c1Cl. The quantitative estimate of drug-likeness (QED) is 0.419. The number of thiol groups is 1. The molecule has 0 saturated heterocycles. The third kappa shape index (κ3) is 4.83. The Labute approximate surface area is 186 Å². The van der Waals surface area contributed by atoms with E-state index in [0.717, 1.165) is 10.4 Å². The highest BCUT2D eigenvalue weighted by Gasteiger charge is 2.34. The van der Waals surface area contributed by atoms with Crippen molar-refractivity contribution in [2.75, 3.05) is 4.31 Å². The summed E-state index contributed by atoms with van der Waals surface area (Å²) in [6.45, 7) is -0.0799. The van der Waals surface area contributed by atoms with E-state index in [4.69, 9.17) is 23.2 Å². The molecule has 0 radical (unpaired) electrons. The third-order valence-corrected chi connectivity index (χ3v) is 5.37. The van der Waals surface area contributed by atoms with Crippen molar-refractivity contribution < 1.29 is 18.0 Å². The van der Waals surface area contributed by atoms with Crippen LogP contribution in [0.3, 0.4) is 0 Å². The lowest BCUT2D eigenvalue weighted by Gasteiger charge is -2.19. The van der Waals surface area contributed by atoms with Crippen LogP contribution in [-0.2, 0) is 12.7 Å². The Morgan fingerprint density at radius 2 is 1.80 bits per heavy atom. The summed E-state index contributed by atoms with van der Waals surface area (Å²) in [7, 11) is 0. The minimum atomic E-state index is -4.54. The van der Waals surface area contributed by atoms with Crippen LogP contribution in [0.2, 0.25) is 10.0 Å². The Balaban J connectivity index is 1.85. The smallest absolute Gasteiger partial charge is 0.333 e. The molecule has 0 spiro atoms. The minimum Gasteiger partial charge on any atom is -0.333 e. The second-order valence-corrected chi connectivity index (χ2v) is 7.28. The van der Waals surface area contributed by atoms with Gasteiger partial charge in [-0.25, -0.2) is 9.10 Å². The number of nitrogens with zero attached hydrogens (tertiary/aromatic N) is 2. The van der Waals surface area contributed by atoms with Crippen molar-refractivity contribution in [3.05, 3.63) is 82.0 Å². The number of hydrogen-bond acceptors (Lipinski definition) is 3. The molecular weight excluding hydrogens is 458 g/mol. The maximum atomic E-state index is 13.4. The van der Waals surface area contributed by atoms with E-state index in [1.54, 1.807) is 30.3 Å². The second-order valence-electron chi connectivity index (χ2n) is 6.10. The molecule has 3 aromatic rings. The van der Waals surface area contributed by atoms with Gasteiger partial charge in [0.15, 0.2) is 0 Å². The molecule has 0 fully saturated rings. The van der Waals surface area contributed by atoms with Gasteiger partial charge in [0.1, 0.15) is 0 Å². The highest BCUT2D eigenvalue weighted by atomic mass is 35.5. The van der Waals surface area contributed by atoms with Crippen LogP contribution in [0.5, 0.6) is 0 Å². The van der Waals surface area contributed by atoms with Gasteiger partial charge in [-0.3, -0.25) is 4.98 Å². The van der Waals surface area contributed by atoms with Gasteiger partial charge < -0.3 is 5.32 Å².